The quantitative estimate of drug-likeness (QED) is 0.168. The van der Waals surface area contributed by atoms with Crippen molar-refractivity contribution < 1.29 is 0 Å². The lowest BCUT2D eigenvalue weighted by Crippen LogP contribution is -2.16. The minimum Gasteiger partial charge on any atom is -0.310 e. The molecular formula is C55H37NS2. The van der Waals surface area contributed by atoms with Gasteiger partial charge in [0, 0.05) is 68.2 Å². The number of benzene rings is 9. The summed E-state index contributed by atoms with van der Waals surface area (Å²) in [6.45, 7) is 4.72. The molecule has 2 heterocycles. The van der Waals surface area contributed by atoms with Gasteiger partial charge in [-0.3, -0.25) is 0 Å². The fourth-order valence-electron chi connectivity index (χ4n) is 9.59. The third-order valence-corrected chi connectivity index (χ3v) is 14.9. The molecule has 58 heavy (non-hydrogen) atoms. The van der Waals surface area contributed by atoms with E-state index < -0.39 is 0 Å². The van der Waals surface area contributed by atoms with Crippen molar-refractivity contribution in [3.63, 3.8) is 0 Å². The SMILES string of the molecule is CC1(C)c2ccccc2-c2ccc(N(c3ccc(-c4ccccc4)cc3)c3ccc(-c4ccc5c(c4)c4sc6ccccc6c4c4sc6ccccc6c54)cc3)cc21. The number of thiophene rings is 2. The molecule has 2 aromatic heterocycles. The molecule has 3 heteroatoms. The van der Waals surface area contributed by atoms with E-state index >= 15 is 0 Å². The van der Waals surface area contributed by atoms with Crippen LogP contribution >= 0.6 is 22.7 Å². The Kier molecular flexibility index (Phi) is 7.38. The van der Waals surface area contributed by atoms with Crippen LogP contribution in [0.1, 0.15) is 25.0 Å². The molecule has 1 aliphatic carbocycles. The Hall–Kier alpha value is -6.52. The van der Waals surface area contributed by atoms with Gasteiger partial charge in [-0.15, -0.1) is 22.7 Å². The van der Waals surface area contributed by atoms with Crippen molar-refractivity contribution in [2.75, 3.05) is 4.90 Å². The third kappa shape index (κ3) is 5.00. The van der Waals surface area contributed by atoms with Crippen molar-refractivity contribution in [2.45, 2.75) is 19.3 Å². The summed E-state index contributed by atoms with van der Waals surface area (Å²) < 4.78 is 5.46. The van der Waals surface area contributed by atoms with Crippen LogP contribution in [0, 0.1) is 0 Å². The lowest BCUT2D eigenvalue weighted by Gasteiger charge is -2.28. The second kappa shape index (κ2) is 12.7. The maximum atomic E-state index is 2.44. The Morgan fingerprint density at radius 3 is 1.62 bits per heavy atom. The summed E-state index contributed by atoms with van der Waals surface area (Å²) in [5, 5.41) is 8.13. The molecule has 0 saturated heterocycles. The van der Waals surface area contributed by atoms with Crippen LogP contribution in [-0.4, -0.2) is 0 Å². The van der Waals surface area contributed by atoms with Crippen LogP contribution in [0.2, 0.25) is 0 Å². The number of fused-ring (bicyclic) bond motifs is 13. The van der Waals surface area contributed by atoms with Crippen LogP contribution in [0.5, 0.6) is 0 Å². The Balaban J connectivity index is 0.998. The minimum atomic E-state index is -0.0918. The van der Waals surface area contributed by atoms with Gasteiger partial charge in [-0.2, -0.15) is 0 Å². The molecule has 11 aromatic rings. The van der Waals surface area contributed by atoms with E-state index in [0.717, 1.165) is 17.1 Å². The predicted octanol–water partition coefficient (Wildman–Crippen LogP) is 16.7. The number of anilines is 3. The third-order valence-electron chi connectivity index (χ3n) is 12.5. The van der Waals surface area contributed by atoms with Gasteiger partial charge in [0.25, 0.3) is 0 Å². The van der Waals surface area contributed by atoms with E-state index in [0.29, 0.717) is 0 Å². The van der Waals surface area contributed by atoms with Crippen molar-refractivity contribution in [3.8, 4) is 33.4 Å². The zero-order valence-corrected chi connectivity index (χ0v) is 33.8. The Labute approximate surface area is 345 Å². The first-order chi connectivity index (χ1) is 28.5. The summed E-state index contributed by atoms with van der Waals surface area (Å²) in [6, 6.07) is 69.7. The lowest BCUT2D eigenvalue weighted by atomic mass is 9.82. The van der Waals surface area contributed by atoms with E-state index in [4.69, 9.17) is 0 Å². The predicted molar refractivity (Wildman–Crippen MR) is 253 cm³/mol. The zero-order valence-electron chi connectivity index (χ0n) is 32.2. The van der Waals surface area contributed by atoms with E-state index in [1.807, 2.05) is 22.7 Å². The summed E-state index contributed by atoms with van der Waals surface area (Å²) in [6.07, 6.45) is 0. The Bertz CT molecular complexity index is 3400. The van der Waals surface area contributed by atoms with Crippen LogP contribution < -0.4 is 4.90 Å². The average molecular weight is 776 g/mol. The van der Waals surface area contributed by atoms with Crippen LogP contribution in [0.3, 0.4) is 0 Å². The van der Waals surface area contributed by atoms with Gasteiger partial charge in [-0.25, -0.2) is 0 Å². The molecule has 0 unspecified atom stereocenters. The summed E-state index contributed by atoms with van der Waals surface area (Å²) in [5.41, 5.74) is 13.6. The van der Waals surface area contributed by atoms with Crippen molar-refractivity contribution in [2.24, 2.45) is 0 Å². The van der Waals surface area contributed by atoms with Gasteiger partial charge in [0.05, 0.1) is 0 Å². The molecule has 274 valence electrons. The second-order valence-electron chi connectivity index (χ2n) is 16.1. The van der Waals surface area contributed by atoms with Gasteiger partial charge in [-0.1, -0.05) is 147 Å². The molecule has 0 fully saturated rings. The fourth-order valence-corrected chi connectivity index (χ4v) is 12.2. The fraction of sp³-hybridized carbons (Fsp3) is 0.0545. The number of hydrogen-bond donors (Lipinski definition) is 0. The average Bonchev–Trinajstić information content (AvgIpc) is 3.93. The molecule has 0 bridgehead atoms. The highest BCUT2D eigenvalue weighted by molar-refractivity contribution is 7.30. The summed E-state index contributed by atoms with van der Waals surface area (Å²) in [5.74, 6) is 0. The molecule has 9 aromatic carbocycles. The Morgan fingerprint density at radius 1 is 0.362 bits per heavy atom. The van der Waals surface area contributed by atoms with Gasteiger partial charge < -0.3 is 4.90 Å². The highest BCUT2D eigenvalue weighted by Gasteiger charge is 2.35. The standard InChI is InChI=1S/C55H37NS2/c1-55(2)47-17-9-6-14-41(47)42-31-29-40(33-48(42)55)56(38-25-20-35(21-26-38)34-12-4-3-5-13-34)39-27-22-36(23-28-39)37-24-30-43-46(32-37)53-52(45-16-8-11-19-50(45)57-53)54-51(43)44-15-7-10-18-49(44)58-54/h3-33H,1-2H3. The zero-order chi connectivity index (χ0) is 38.5. The summed E-state index contributed by atoms with van der Waals surface area (Å²) in [4.78, 5) is 2.41. The maximum Gasteiger partial charge on any atom is 0.0465 e. The topological polar surface area (TPSA) is 3.24 Å². The second-order valence-corrected chi connectivity index (χ2v) is 18.2. The molecule has 0 spiro atoms. The first-order valence-electron chi connectivity index (χ1n) is 20.0. The summed E-state index contributed by atoms with van der Waals surface area (Å²) in [7, 11) is 0. The highest BCUT2D eigenvalue weighted by Crippen LogP contribution is 2.52. The van der Waals surface area contributed by atoms with E-state index in [1.54, 1.807) is 0 Å². The van der Waals surface area contributed by atoms with Crippen molar-refractivity contribution in [3.05, 3.63) is 199 Å². The molecule has 0 atom stereocenters. The number of nitrogens with zero attached hydrogens (tertiary/aromatic N) is 1. The molecular weight excluding hydrogens is 739 g/mol. The van der Waals surface area contributed by atoms with Crippen molar-refractivity contribution in [1.29, 1.82) is 0 Å². The first kappa shape index (κ1) is 33.6. The van der Waals surface area contributed by atoms with Crippen LogP contribution in [0.25, 0.3) is 84.5 Å². The Morgan fingerprint density at radius 2 is 0.897 bits per heavy atom. The molecule has 0 N–H and O–H groups in total. The van der Waals surface area contributed by atoms with Crippen LogP contribution in [0.15, 0.2) is 188 Å². The van der Waals surface area contributed by atoms with Gasteiger partial charge in [0.1, 0.15) is 0 Å². The van der Waals surface area contributed by atoms with Gasteiger partial charge in [0.2, 0.25) is 0 Å². The lowest BCUT2D eigenvalue weighted by molar-refractivity contribution is 0.660. The molecule has 0 amide bonds. The smallest absolute Gasteiger partial charge is 0.0465 e. The van der Waals surface area contributed by atoms with Crippen molar-refractivity contribution in [1.82, 2.24) is 0 Å². The summed E-state index contributed by atoms with van der Waals surface area (Å²) >= 11 is 3.86. The van der Waals surface area contributed by atoms with Gasteiger partial charge in [-0.05, 0) is 104 Å². The van der Waals surface area contributed by atoms with Crippen molar-refractivity contribution >= 4 is 90.9 Å². The van der Waals surface area contributed by atoms with E-state index in [9.17, 15) is 0 Å². The molecule has 1 aliphatic rings. The highest BCUT2D eigenvalue weighted by atomic mass is 32.1. The normalized spacial score (nSPS) is 13.1. The molecule has 0 aliphatic heterocycles. The van der Waals surface area contributed by atoms with E-state index in [-0.39, 0.29) is 5.41 Å². The monoisotopic (exact) mass is 775 g/mol. The first-order valence-corrected chi connectivity index (χ1v) is 21.6. The molecule has 0 radical (unpaired) electrons. The largest absolute Gasteiger partial charge is 0.310 e. The van der Waals surface area contributed by atoms with Gasteiger partial charge in [0.15, 0.2) is 0 Å². The minimum absolute atomic E-state index is 0.0918. The number of rotatable bonds is 5. The maximum absolute atomic E-state index is 2.44. The number of hydrogen-bond acceptors (Lipinski definition) is 3. The molecule has 1 nitrogen and oxygen atoms in total. The van der Waals surface area contributed by atoms with Gasteiger partial charge >= 0.3 is 0 Å². The van der Waals surface area contributed by atoms with E-state index in [1.165, 1.54) is 95.6 Å². The molecule has 0 saturated carbocycles. The van der Waals surface area contributed by atoms with Crippen LogP contribution in [0.4, 0.5) is 17.1 Å². The van der Waals surface area contributed by atoms with Crippen LogP contribution in [-0.2, 0) is 5.41 Å². The molecule has 12 rings (SSSR count). The van der Waals surface area contributed by atoms with E-state index in [2.05, 4.69) is 207 Å².